The van der Waals surface area contributed by atoms with Gasteiger partial charge < -0.3 is 24.6 Å². The number of hydrogen-bond acceptors (Lipinski definition) is 6. The predicted molar refractivity (Wildman–Crippen MR) is 118 cm³/mol. The Balaban J connectivity index is 1.20. The van der Waals surface area contributed by atoms with Gasteiger partial charge in [0, 0.05) is 39.3 Å². The van der Waals surface area contributed by atoms with Gasteiger partial charge in [-0.15, -0.1) is 0 Å². The van der Waals surface area contributed by atoms with Crippen molar-refractivity contribution in [2.24, 2.45) is 0 Å². The Morgan fingerprint density at radius 2 is 1.82 bits per heavy atom. The van der Waals surface area contributed by atoms with Crippen LogP contribution in [-0.2, 0) is 24.3 Å². The Morgan fingerprint density at radius 3 is 2.56 bits per heavy atom. The van der Waals surface area contributed by atoms with Gasteiger partial charge in [-0.2, -0.15) is 4.31 Å². The quantitative estimate of drug-likeness (QED) is 0.635. The first-order chi connectivity index (χ1) is 16.3. The second kappa shape index (κ2) is 9.06. The van der Waals surface area contributed by atoms with Gasteiger partial charge in [0.25, 0.3) is 0 Å². The van der Waals surface area contributed by atoms with Crippen LogP contribution in [0.5, 0.6) is 0 Å². The molecule has 5 rings (SSSR count). The lowest BCUT2D eigenvalue weighted by Crippen LogP contribution is -2.63. The fourth-order valence-corrected chi connectivity index (χ4v) is 6.75. The minimum Gasteiger partial charge on any atom is -0.372 e. The van der Waals surface area contributed by atoms with E-state index in [0.717, 1.165) is 12.1 Å². The van der Waals surface area contributed by atoms with Crippen molar-refractivity contribution in [2.75, 3.05) is 52.5 Å². The second-order valence-electron chi connectivity index (χ2n) is 9.35. The Bertz CT molecular complexity index is 1040. The summed E-state index contributed by atoms with van der Waals surface area (Å²) in [6.45, 7) is 2.66. The van der Waals surface area contributed by atoms with E-state index in [1.54, 1.807) is 9.80 Å². The summed E-state index contributed by atoms with van der Waals surface area (Å²) < 4.78 is 52.4. The van der Waals surface area contributed by atoms with Crippen LogP contribution in [0.1, 0.15) is 19.3 Å². The second-order valence-corrected chi connectivity index (χ2v) is 11.3. The topological polar surface area (TPSA) is 108 Å². The standard InChI is InChI=1S/C22H29FN4O6S/c23-16-1-3-17(4-2-16)34(30,31)27-11-12-33-22(15-27)6-9-25(10-7-22)21(29)26-8-5-19-18(13-26)24-20(28)14-32-19/h1-4,18-19H,5-15H2,(H,24,28)/t18-,19+/m1/s1. The molecule has 1 aromatic carbocycles. The van der Waals surface area contributed by atoms with Crippen LogP contribution >= 0.6 is 0 Å². The normalized spacial score (nSPS) is 27.9. The average molecular weight is 497 g/mol. The zero-order valence-corrected chi connectivity index (χ0v) is 19.6. The highest BCUT2D eigenvalue weighted by molar-refractivity contribution is 7.89. The molecular formula is C22H29FN4O6S. The number of likely N-dealkylation sites (tertiary alicyclic amines) is 2. The van der Waals surface area contributed by atoms with E-state index in [2.05, 4.69) is 5.32 Å². The number of hydrogen-bond donors (Lipinski definition) is 1. The van der Waals surface area contributed by atoms with Crippen LogP contribution in [0.15, 0.2) is 29.2 Å². The molecule has 4 aliphatic heterocycles. The maximum absolute atomic E-state index is 13.2. The number of piperidine rings is 2. The van der Waals surface area contributed by atoms with E-state index < -0.39 is 21.4 Å². The number of halogens is 1. The zero-order chi connectivity index (χ0) is 23.9. The van der Waals surface area contributed by atoms with Gasteiger partial charge in [0.1, 0.15) is 12.4 Å². The molecule has 2 atom stereocenters. The number of urea groups is 1. The van der Waals surface area contributed by atoms with Crippen LogP contribution in [0.3, 0.4) is 0 Å². The van der Waals surface area contributed by atoms with Crippen LogP contribution in [0.4, 0.5) is 9.18 Å². The summed E-state index contributed by atoms with van der Waals surface area (Å²) in [5, 5.41) is 2.91. The largest absolute Gasteiger partial charge is 0.372 e. The third kappa shape index (κ3) is 4.51. The van der Waals surface area contributed by atoms with Gasteiger partial charge in [0.2, 0.25) is 15.9 Å². The molecule has 4 heterocycles. The third-order valence-electron chi connectivity index (χ3n) is 7.20. The summed E-state index contributed by atoms with van der Waals surface area (Å²) >= 11 is 0. The number of carbonyl (C=O) groups excluding carboxylic acids is 2. The Hall–Kier alpha value is -2.28. The van der Waals surface area contributed by atoms with Gasteiger partial charge in [-0.1, -0.05) is 0 Å². The Kier molecular flexibility index (Phi) is 6.25. The van der Waals surface area contributed by atoms with E-state index in [0.29, 0.717) is 45.4 Å². The van der Waals surface area contributed by atoms with Crippen molar-refractivity contribution < 1.29 is 31.9 Å². The van der Waals surface area contributed by atoms with Crippen LogP contribution < -0.4 is 5.32 Å². The molecule has 3 amide bonds. The number of rotatable bonds is 2. The number of nitrogens with one attached hydrogen (secondary N) is 1. The van der Waals surface area contributed by atoms with E-state index >= 15 is 0 Å². The molecule has 4 saturated heterocycles. The molecule has 0 bridgehead atoms. The van der Waals surface area contributed by atoms with Crippen molar-refractivity contribution in [3.63, 3.8) is 0 Å². The summed E-state index contributed by atoms with van der Waals surface area (Å²) in [4.78, 5) is 28.4. The summed E-state index contributed by atoms with van der Waals surface area (Å²) in [6.07, 6.45) is 1.66. The molecule has 0 radical (unpaired) electrons. The van der Waals surface area contributed by atoms with Crippen LogP contribution in [0.25, 0.3) is 0 Å². The first-order valence-corrected chi connectivity index (χ1v) is 13.0. The first kappa shape index (κ1) is 23.5. The summed E-state index contributed by atoms with van der Waals surface area (Å²) in [5.41, 5.74) is -0.652. The molecule has 10 nitrogen and oxygen atoms in total. The highest BCUT2D eigenvalue weighted by Gasteiger charge is 2.45. The van der Waals surface area contributed by atoms with Crippen molar-refractivity contribution >= 4 is 22.0 Å². The van der Waals surface area contributed by atoms with Crippen LogP contribution in [-0.4, -0.2) is 105 Å². The van der Waals surface area contributed by atoms with E-state index in [-0.39, 0.29) is 55.3 Å². The van der Waals surface area contributed by atoms with Gasteiger partial charge in [-0.3, -0.25) is 4.79 Å². The molecule has 12 heteroatoms. The monoisotopic (exact) mass is 496 g/mol. The van der Waals surface area contributed by atoms with Gasteiger partial charge in [0.05, 0.1) is 29.2 Å². The van der Waals surface area contributed by atoms with Gasteiger partial charge >= 0.3 is 6.03 Å². The van der Waals surface area contributed by atoms with Crippen LogP contribution in [0.2, 0.25) is 0 Å². The number of nitrogens with zero attached hydrogens (tertiary/aromatic N) is 3. The number of benzene rings is 1. The summed E-state index contributed by atoms with van der Waals surface area (Å²) in [6, 6.07) is 4.55. The third-order valence-corrected chi connectivity index (χ3v) is 9.06. The van der Waals surface area contributed by atoms with Crippen LogP contribution in [0, 0.1) is 5.82 Å². The number of carbonyl (C=O) groups is 2. The van der Waals surface area contributed by atoms with Crippen molar-refractivity contribution in [2.45, 2.75) is 41.9 Å². The highest BCUT2D eigenvalue weighted by Crippen LogP contribution is 2.33. The van der Waals surface area contributed by atoms with Crippen molar-refractivity contribution in [1.29, 1.82) is 0 Å². The van der Waals surface area contributed by atoms with E-state index in [1.165, 1.54) is 16.4 Å². The molecule has 186 valence electrons. The van der Waals surface area contributed by atoms with Crippen molar-refractivity contribution in [3.05, 3.63) is 30.1 Å². The Labute approximate surface area is 198 Å². The molecule has 1 N–H and O–H groups in total. The molecule has 4 fully saturated rings. The number of amides is 3. The molecule has 0 unspecified atom stereocenters. The van der Waals surface area contributed by atoms with Crippen molar-refractivity contribution in [3.8, 4) is 0 Å². The number of fused-ring (bicyclic) bond motifs is 1. The molecule has 0 aliphatic carbocycles. The lowest BCUT2D eigenvalue weighted by molar-refractivity contribution is -0.140. The lowest BCUT2D eigenvalue weighted by Gasteiger charge is -2.48. The lowest BCUT2D eigenvalue weighted by atomic mass is 9.90. The first-order valence-electron chi connectivity index (χ1n) is 11.6. The van der Waals surface area contributed by atoms with Gasteiger partial charge in [-0.05, 0) is 43.5 Å². The maximum atomic E-state index is 13.2. The maximum Gasteiger partial charge on any atom is 0.320 e. The molecule has 1 spiro atoms. The molecule has 4 aliphatic rings. The fraction of sp³-hybridized carbons (Fsp3) is 0.636. The molecule has 0 aromatic heterocycles. The molecule has 34 heavy (non-hydrogen) atoms. The SMILES string of the molecule is O=C1CO[C@H]2CCN(C(=O)N3CCC4(CC3)CN(S(=O)(=O)c3ccc(F)cc3)CCO4)C[C@H]2N1. The summed E-state index contributed by atoms with van der Waals surface area (Å²) in [5.74, 6) is -0.651. The van der Waals surface area contributed by atoms with Crippen molar-refractivity contribution in [1.82, 2.24) is 19.4 Å². The van der Waals surface area contributed by atoms with E-state index in [9.17, 15) is 22.4 Å². The number of morpholine rings is 2. The average Bonchev–Trinajstić information content (AvgIpc) is 2.84. The minimum absolute atomic E-state index is 0.0562. The Morgan fingerprint density at radius 1 is 1.09 bits per heavy atom. The molecular weight excluding hydrogens is 467 g/mol. The fourth-order valence-electron chi connectivity index (χ4n) is 5.25. The predicted octanol–water partition coefficient (Wildman–Crippen LogP) is 0.391. The van der Waals surface area contributed by atoms with E-state index in [1.807, 2.05) is 0 Å². The van der Waals surface area contributed by atoms with Gasteiger partial charge in [-0.25, -0.2) is 17.6 Å². The highest BCUT2D eigenvalue weighted by atomic mass is 32.2. The molecule has 1 aromatic rings. The summed E-state index contributed by atoms with van der Waals surface area (Å²) in [7, 11) is -3.77. The number of ether oxygens (including phenoxy) is 2. The number of sulfonamides is 1. The van der Waals surface area contributed by atoms with E-state index in [4.69, 9.17) is 9.47 Å². The zero-order valence-electron chi connectivity index (χ0n) is 18.8. The van der Waals surface area contributed by atoms with Gasteiger partial charge in [0.15, 0.2) is 0 Å². The smallest absolute Gasteiger partial charge is 0.320 e. The molecule has 0 saturated carbocycles. The minimum atomic E-state index is -3.77.